The summed E-state index contributed by atoms with van der Waals surface area (Å²) in [5.74, 6) is 0.408. The molecule has 5 nitrogen and oxygen atoms in total. The number of aromatic nitrogens is 3. The summed E-state index contributed by atoms with van der Waals surface area (Å²) < 4.78 is 1.66. The largest absolute Gasteiger partial charge is 0.342 e. The third-order valence-corrected chi connectivity index (χ3v) is 3.79. The van der Waals surface area contributed by atoms with E-state index in [9.17, 15) is 4.79 Å². The van der Waals surface area contributed by atoms with E-state index in [2.05, 4.69) is 29.2 Å². The first-order valence-corrected chi connectivity index (χ1v) is 8.17. The molecule has 2 heterocycles. The van der Waals surface area contributed by atoms with Crippen molar-refractivity contribution in [3.8, 4) is 0 Å². The van der Waals surface area contributed by atoms with Crippen LogP contribution >= 0.6 is 0 Å². The lowest BCUT2D eigenvalue weighted by Gasteiger charge is -2.16. The van der Waals surface area contributed by atoms with Crippen LogP contribution in [-0.4, -0.2) is 20.7 Å². The van der Waals surface area contributed by atoms with Crippen molar-refractivity contribution in [3.63, 3.8) is 0 Å². The molecule has 2 rings (SSSR count). The number of carbonyl (C=O) groups excluding carboxylic acids is 1. The maximum Gasteiger partial charge on any atom is 0.270 e. The SMILES string of the molecule is CC[C@H](NC(=O)c1cc(CC(C)C)nn1C)c1cc(C)ccn1. The molecule has 0 saturated heterocycles. The Balaban J connectivity index is 2.15. The highest BCUT2D eigenvalue weighted by Crippen LogP contribution is 2.16. The Morgan fingerprint density at radius 3 is 2.70 bits per heavy atom. The molecule has 0 aliphatic heterocycles. The quantitative estimate of drug-likeness (QED) is 0.890. The molecule has 0 unspecified atom stereocenters. The fourth-order valence-corrected chi connectivity index (χ4v) is 2.62. The second-order valence-corrected chi connectivity index (χ2v) is 6.43. The molecular weight excluding hydrogens is 288 g/mol. The van der Waals surface area contributed by atoms with Gasteiger partial charge < -0.3 is 5.32 Å². The third-order valence-electron chi connectivity index (χ3n) is 3.79. The molecule has 5 heteroatoms. The van der Waals surface area contributed by atoms with E-state index in [0.717, 1.165) is 29.8 Å². The molecular formula is C18H26N4O. The number of rotatable bonds is 6. The normalized spacial score (nSPS) is 12.4. The summed E-state index contributed by atoms with van der Waals surface area (Å²) in [6, 6.07) is 5.76. The topological polar surface area (TPSA) is 59.8 Å². The Morgan fingerprint density at radius 1 is 1.35 bits per heavy atom. The van der Waals surface area contributed by atoms with Gasteiger partial charge in [-0.3, -0.25) is 14.5 Å². The van der Waals surface area contributed by atoms with Crippen molar-refractivity contribution in [2.24, 2.45) is 13.0 Å². The van der Waals surface area contributed by atoms with Crippen LogP contribution < -0.4 is 5.32 Å². The van der Waals surface area contributed by atoms with Gasteiger partial charge in [0.1, 0.15) is 5.69 Å². The van der Waals surface area contributed by atoms with Gasteiger partial charge in [0.15, 0.2) is 0 Å². The molecule has 23 heavy (non-hydrogen) atoms. The Kier molecular flexibility index (Phi) is 5.53. The summed E-state index contributed by atoms with van der Waals surface area (Å²) in [5, 5.41) is 7.50. The minimum absolute atomic E-state index is 0.0918. The molecule has 0 bridgehead atoms. The van der Waals surface area contributed by atoms with E-state index in [1.807, 2.05) is 39.1 Å². The average Bonchev–Trinajstić information content (AvgIpc) is 2.84. The summed E-state index contributed by atoms with van der Waals surface area (Å²) >= 11 is 0. The van der Waals surface area contributed by atoms with Crippen LogP contribution in [0.3, 0.4) is 0 Å². The van der Waals surface area contributed by atoms with Crippen molar-refractivity contribution in [3.05, 3.63) is 47.0 Å². The van der Waals surface area contributed by atoms with Crippen molar-refractivity contribution in [1.29, 1.82) is 0 Å². The first-order chi connectivity index (χ1) is 10.9. The number of nitrogens with one attached hydrogen (secondary N) is 1. The van der Waals surface area contributed by atoms with E-state index in [1.165, 1.54) is 0 Å². The van der Waals surface area contributed by atoms with Gasteiger partial charge in [-0.05, 0) is 49.4 Å². The van der Waals surface area contributed by atoms with Crippen LogP contribution in [0.1, 0.15) is 60.7 Å². The van der Waals surface area contributed by atoms with E-state index in [1.54, 1.807) is 10.9 Å². The van der Waals surface area contributed by atoms with E-state index in [-0.39, 0.29) is 11.9 Å². The second-order valence-electron chi connectivity index (χ2n) is 6.43. The van der Waals surface area contributed by atoms with Gasteiger partial charge in [-0.1, -0.05) is 20.8 Å². The molecule has 0 fully saturated rings. The molecule has 1 amide bonds. The van der Waals surface area contributed by atoms with E-state index in [4.69, 9.17) is 0 Å². The Morgan fingerprint density at radius 2 is 2.09 bits per heavy atom. The Bertz CT molecular complexity index is 675. The number of aryl methyl sites for hydroxylation is 2. The third kappa shape index (κ3) is 4.41. The summed E-state index contributed by atoms with van der Waals surface area (Å²) in [6.07, 6.45) is 3.45. The minimum Gasteiger partial charge on any atom is -0.342 e. The first-order valence-electron chi connectivity index (χ1n) is 8.17. The summed E-state index contributed by atoms with van der Waals surface area (Å²) in [7, 11) is 1.81. The Hall–Kier alpha value is -2.17. The van der Waals surface area contributed by atoms with Crippen molar-refractivity contribution in [1.82, 2.24) is 20.1 Å². The van der Waals surface area contributed by atoms with E-state index >= 15 is 0 Å². The van der Waals surface area contributed by atoms with E-state index < -0.39 is 0 Å². The van der Waals surface area contributed by atoms with Crippen molar-refractivity contribution in [2.45, 2.75) is 46.6 Å². The second kappa shape index (κ2) is 7.40. The highest BCUT2D eigenvalue weighted by Gasteiger charge is 2.19. The van der Waals surface area contributed by atoms with Gasteiger partial charge in [0.25, 0.3) is 5.91 Å². The zero-order valence-electron chi connectivity index (χ0n) is 14.6. The fraction of sp³-hybridized carbons (Fsp3) is 0.500. The lowest BCUT2D eigenvalue weighted by atomic mass is 10.1. The van der Waals surface area contributed by atoms with Crippen molar-refractivity contribution < 1.29 is 4.79 Å². The van der Waals surface area contributed by atoms with Crippen LogP contribution in [0.25, 0.3) is 0 Å². The number of amides is 1. The standard InChI is InChI=1S/C18H26N4O/c1-6-15(16-10-13(4)7-8-19-16)20-18(23)17-11-14(9-12(2)3)21-22(17)5/h7-8,10-12,15H,6,9H2,1-5H3,(H,20,23)/t15-/m0/s1. The number of pyridine rings is 1. The van der Waals surface area contributed by atoms with Gasteiger partial charge in [-0.15, -0.1) is 0 Å². The molecule has 0 saturated carbocycles. The van der Waals surface area contributed by atoms with Gasteiger partial charge in [-0.2, -0.15) is 5.10 Å². The van der Waals surface area contributed by atoms with Crippen molar-refractivity contribution >= 4 is 5.91 Å². The minimum atomic E-state index is -0.106. The lowest BCUT2D eigenvalue weighted by Crippen LogP contribution is -2.30. The van der Waals surface area contributed by atoms with Crippen LogP contribution in [0, 0.1) is 12.8 Å². The van der Waals surface area contributed by atoms with Crippen molar-refractivity contribution in [2.75, 3.05) is 0 Å². The first kappa shape index (κ1) is 17.2. The molecule has 0 aliphatic rings. The lowest BCUT2D eigenvalue weighted by molar-refractivity contribution is 0.0925. The maximum atomic E-state index is 12.6. The number of carbonyl (C=O) groups is 1. The van der Waals surface area contributed by atoms with Crippen LogP contribution in [-0.2, 0) is 13.5 Å². The summed E-state index contributed by atoms with van der Waals surface area (Å²) in [4.78, 5) is 17.0. The number of hydrogen-bond donors (Lipinski definition) is 1. The molecule has 2 aromatic rings. The summed E-state index contributed by atoms with van der Waals surface area (Å²) in [5.41, 5.74) is 3.58. The zero-order chi connectivity index (χ0) is 17.0. The Labute approximate surface area is 138 Å². The van der Waals surface area contributed by atoms with Gasteiger partial charge in [0, 0.05) is 13.2 Å². The molecule has 124 valence electrons. The molecule has 0 aliphatic carbocycles. The smallest absolute Gasteiger partial charge is 0.270 e. The van der Waals surface area contributed by atoms with Crippen LogP contribution in [0.15, 0.2) is 24.4 Å². The zero-order valence-corrected chi connectivity index (χ0v) is 14.6. The molecule has 0 spiro atoms. The van der Waals surface area contributed by atoms with Gasteiger partial charge >= 0.3 is 0 Å². The van der Waals surface area contributed by atoms with Gasteiger partial charge in [0.2, 0.25) is 0 Å². The van der Waals surface area contributed by atoms with Crippen LogP contribution in [0.5, 0.6) is 0 Å². The van der Waals surface area contributed by atoms with Crippen LogP contribution in [0.4, 0.5) is 0 Å². The van der Waals surface area contributed by atoms with E-state index in [0.29, 0.717) is 11.6 Å². The number of hydrogen-bond acceptors (Lipinski definition) is 3. The molecule has 2 aromatic heterocycles. The van der Waals surface area contributed by atoms with Gasteiger partial charge in [-0.25, -0.2) is 0 Å². The van der Waals surface area contributed by atoms with Gasteiger partial charge in [0.05, 0.1) is 17.4 Å². The number of nitrogens with zero attached hydrogens (tertiary/aromatic N) is 3. The fourth-order valence-electron chi connectivity index (χ4n) is 2.62. The highest BCUT2D eigenvalue weighted by atomic mass is 16.2. The maximum absolute atomic E-state index is 12.6. The predicted molar refractivity (Wildman–Crippen MR) is 91.2 cm³/mol. The molecule has 0 aromatic carbocycles. The molecule has 1 N–H and O–H groups in total. The summed E-state index contributed by atoms with van der Waals surface area (Å²) in [6.45, 7) is 8.36. The molecule has 0 radical (unpaired) electrons. The monoisotopic (exact) mass is 314 g/mol. The van der Waals surface area contributed by atoms with Crippen LogP contribution in [0.2, 0.25) is 0 Å². The molecule has 1 atom stereocenters. The average molecular weight is 314 g/mol. The highest BCUT2D eigenvalue weighted by molar-refractivity contribution is 5.92. The predicted octanol–water partition coefficient (Wildman–Crippen LogP) is 3.20.